The molecule has 0 unspecified atom stereocenters. The Morgan fingerprint density at radius 3 is 2.47 bits per heavy atom. The van der Waals surface area contributed by atoms with Crippen molar-refractivity contribution in [3.8, 4) is 23.0 Å². The highest BCUT2D eigenvalue weighted by Gasteiger charge is 2.21. The Hall–Kier alpha value is -3.46. The van der Waals surface area contributed by atoms with Gasteiger partial charge in [-0.2, -0.15) is 4.98 Å². The molecule has 1 aromatic heterocycles. The molecule has 0 radical (unpaired) electrons. The highest BCUT2D eigenvalue weighted by molar-refractivity contribution is 5.94. The highest BCUT2D eigenvalue weighted by atomic mass is 16.7. The minimum Gasteiger partial charge on any atom is -0.493 e. The van der Waals surface area contributed by atoms with Gasteiger partial charge < -0.3 is 34.7 Å². The Bertz CT molecular complexity index is 1130. The molecule has 0 spiro atoms. The number of nitrogens with one attached hydrogen (secondary N) is 2. The van der Waals surface area contributed by atoms with E-state index >= 15 is 0 Å². The van der Waals surface area contributed by atoms with E-state index in [1.165, 1.54) is 0 Å². The first-order valence-corrected chi connectivity index (χ1v) is 10.7. The summed E-state index contributed by atoms with van der Waals surface area (Å²) in [6, 6.07) is 9.59. The maximum absolute atomic E-state index is 9.80. The summed E-state index contributed by atoms with van der Waals surface area (Å²) >= 11 is 0. The van der Waals surface area contributed by atoms with Crippen molar-refractivity contribution in [2.75, 3.05) is 31.6 Å². The van der Waals surface area contributed by atoms with Gasteiger partial charge in [0.15, 0.2) is 23.0 Å². The molecule has 0 saturated heterocycles. The molecule has 0 atom stereocenters. The van der Waals surface area contributed by atoms with Crippen molar-refractivity contribution in [1.29, 1.82) is 0 Å². The maximum atomic E-state index is 9.80. The van der Waals surface area contributed by atoms with Gasteiger partial charge in [0.1, 0.15) is 5.82 Å². The van der Waals surface area contributed by atoms with Crippen molar-refractivity contribution in [3.63, 3.8) is 0 Å². The van der Waals surface area contributed by atoms with E-state index in [9.17, 15) is 5.11 Å². The van der Waals surface area contributed by atoms with Crippen molar-refractivity contribution in [2.45, 2.75) is 37.8 Å². The molecular weight excluding hydrogens is 412 g/mol. The summed E-state index contributed by atoms with van der Waals surface area (Å²) in [5.41, 5.74) is 1.54. The SMILES string of the molecule is COc1cc2nc(NC3CCC(O)CC3)nc(Nc3ccc4c(c3)OCO4)c2cc1OC. The predicted octanol–water partition coefficient (Wildman–Crippen LogP) is 3.83. The van der Waals surface area contributed by atoms with Crippen LogP contribution in [0.15, 0.2) is 30.3 Å². The number of aliphatic hydroxyl groups excluding tert-OH is 1. The molecule has 1 aliphatic carbocycles. The Balaban J connectivity index is 1.53. The third-order valence-corrected chi connectivity index (χ3v) is 5.87. The molecule has 0 amide bonds. The van der Waals surface area contributed by atoms with Crippen LogP contribution in [0.3, 0.4) is 0 Å². The molecule has 0 bridgehead atoms. The molecule has 9 heteroatoms. The van der Waals surface area contributed by atoms with Crippen molar-refractivity contribution < 1.29 is 24.1 Å². The Labute approximate surface area is 185 Å². The average Bonchev–Trinajstić information content (AvgIpc) is 3.27. The number of hydrogen-bond acceptors (Lipinski definition) is 9. The molecule has 168 valence electrons. The van der Waals surface area contributed by atoms with Crippen LogP contribution in [-0.4, -0.2) is 48.2 Å². The van der Waals surface area contributed by atoms with Gasteiger partial charge in [-0.3, -0.25) is 0 Å². The molecule has 2 heterocycles. The van der Waals surface area contributed by atoms with Crippen LogP contribution >= 0.6 is 0 Å². The van der Waals surface area contributed by atoms with E-state index < -0.39 is 0 Å². The third kappa shape index (κ3) is 4.03. The highest BCUT2D eigenvalue weighted by Crippen LogP contribution is 2.38. The van der Waals surface area contributed by atoms with Gasteiger partial charge in [-0.15, -0.1) is 0 Å². The summed E-state index contributed by atoms with van der Waals surface area (Å²) in [5.74, 6) is 3.75. The fourth-order valence-electron chi connectivity index (χ4n) is 4.13. The number of aliphatic hydroxyl groups is 1. The monoisotopic (exact) mass is 438 g/mol. The lowest BCUT2D eigenvalue weighted by Gasteiger charge is -2.26. The molecule has 1 fully saturated rings. The summed E-state index contributed by atoms with van der Waals surface area (Å²) < 4.78 is 21.9. The summed E-state index contributed by atoms with van der Waals surface area (Å²) in [6.45, 7) is 0.219. The minimum absolute atomic E-state index is 0.217. The van der Waals surface area contributed by atoms with E-state index in [4.69, 9.17) is 28.9 Å². The van der Waals surface area contributed by atoms with Gasteiger partial charge >= 0.3 is 0 Å². The molecule has 1 aliphatic heterocycles. The largest absolute Gasteiger partial charge is 0.493 e. The summed E-state index contributed by atoms with van der Waals surface area (Å²) in [6.07, 6.45) is 3.08. The number of methoxy groups -OCH3 is 2. The zero-order valence-electron chi connectivity index (χ0n) is 18.1. The Morgan fingerprint density at radius 2 is 1.69 bits per heavy atom. The first kappa shape index (κ1) is 20.4. The minimum atomic E-state index is -0.217. The van der Waals surface area contributed by atoms with E-state index in [1.807, 2.05) is 30.3 Å². The fourth-order valence-corrected chi connectivity index (χ4v) is 4.13. The van der Waals surface area contributed by atoms with Gasteiger partial charge in [0.05, 0.1) is 25.8 Å². The summed E-state index contributed by atoms with van der Waals surface area (Å²) in [5, 5.41) is 17.4. The van der Waals surface area contributed by atoms with Gasteiger partial charge in [-0.25, -0.2) is 4.98 Å². The van der Waals surface area contributed by atoms with Crippen molar-refractivity contribution >= 4 is 28.4 Å². The summed E-state index contributed by atoms with van der Waals surface area (Å²) in [7, 11) is 3.20. The number of fused-ring (bicyclic) bond motifs is 2. The molecule has 3 N–H and O–H groups in total. The number of benzene rings is 2. The summed E-state index contributed by atoms with van der Waals surface area (Å²) in [4.78, 5) is 9.50. The zero-order chi connectivity index (χ0) is 22.1. The van der Waals surface area contributed by atoms with Gasteiger partial charge in [-0.1, -0.05) is 0 Å². The number of rotatable bonds is 6. The van der Waals surface area contributed by atoms with Gasteiger partial charge in [0.2, 0.25) is 12.7 Å². The Morgan fingerprint density at radius 1 is 0.938 bits per heavy atom. The van der Waals surface area contributed by atoms with E-state index in [1.54, 1.807) is 14.2 Å². The lowest BCUT2D eigenvalue weighted by atomic mass is 9.93. The van der Waals surface area contributed by atoms with Gasteiger partial charge in [0, 0.05) is 29.2 Å². The lowest BCUT2D eigenvalue weighted by molar-refractivity contribution is 0.126. The molecule has 2 aromatic carbocycles. The lowest BCUT2D eigenvalue weighted by Crippen LogP contribution is -2.29. The standard InChI is InChI=1S/C23H26N4O5/c1-29-19-10-16-17(11-20(19)30-2)26-23(25-13-3-6-15(28)7-4-13)27-22(16)24-14-5-8-18-21(9-14)32-12-31-18/h5,8-11,13,15,28H,3-4,6-7,12H2,1-2H3,(H2,24,25,26,27). The first-order valence-electron chi connectivity index (χ1n) is 10.7. The molecule has 3 aromatic rings. The second-order valence-electron chi connectivity index (χ2n) is 7.96. The second-order valence-corrected chi connectivity index (χ2v) is 7.96. The number of nitrogens with zero attached hydrogens (tertiary/aromatic N) is 2. The van der Waals surface area contributed by atoms with Crippen molar-refractivity contribution in [3.05, 3.63) is 30.3 Å². The molecular formula is C23H26N4O5. The van der Waals surface area contributed by atoms with Gasteiger partial charge in [0.25, 0.3) is 0 Å². The molecule has 5 rings (SSSR count). The molecule has 1 saturated carbocycles. The van der Waals surface area contributed by atoms with Crippen LogP contribution in [0, 0.1) is 0 Å². The average molecular weight is 438 g/mol. The molecule has 9 nitrogen and oxygen atoms in total. The van der Waals surface area contributed by atoms with Crippen LogP contribution in [-0.2, 0) is 0 Å². The topological polar surface area (TPSA) is 107 Å². The third-order valence-electron chi connectivity index (χ3n) is 5.87. The van der Waals surface area contributed by atoms with Crippen LogP contribution in [0.4, 0.5) is 17.5 Å². The van der Waals surface area contributed by atoms with Crippen LogP contribution in [0.5, 0.6) is 23.0 Å². The van der Waals surface area contributed by atoms with Crippen molar-refractivity contribution in [1.82, 2.24) is 9.97 Å². The quantitative estimate of drug-likeness (QED) is 0.529. The van der Waals surface area contributed by atoms with Crippen molar-refractivity contribution in [2.24, 2.45) is 0 Å². The first-order chi connectivity index (χ1) is 15.6. The van der Waals surface area contributed by atoms with E-state index in [0.717, 1.165) is 48.0 Å². The van der Waals surface area contributed by atoms with Gasteiger partial charge in [-0.05, 0) is 43.9 Å². The van der Waals surface area contributed by atoms with Crippen LogP contribution in [0.2, 0.25) is 0 Å². The van der Waals surface area contributed by atoms with E-state index in [2.05, 4.69) is 10.6 Å². The van der Waals surface area contributed by atoms with Crippen LogP contribution in [0.25, 0.3) is 10.9 Å². The van der Waals surface area contributed by atoms with E-state index in [-0.39, 0.29) is 18.9 Å². The number of anilines is 3. The molecule has 2 aliphatic rings. The normalized spacial score (nSPS) is 19.6. The number of ether oxygens (including phenoxy) is 4. The second kappa shape index (κ2) is 8.58. The number of aromatic nitrogens is 2. The Kier molecular flexibility index (Phi) is 5.48. The smallest absolute Gasteiger partial charge is 0.231 e. The van der Waals surface area contributed by atoms with Crippen LogP contribution in [0.1, 0.15) is 25.7 Å². The predicted molar refractivity (Wildman–Crippen MR) is 120 cm³/mol. The fraction of sp³-hybridized carbons (Fsp3) is 0.391. The molecule has 32 heavy (non-hydrogen) atoms. The zero-order valence-corrected chi connectivity index (χ0v) is 18.1. The van der Waals surface area contributed by atoms with E-state index in [0.29, 0.717) is 29.0 Å². The van der Waals surface area contributed by atoms with Crippen LogP contribution < -0.4 is 29.6 Å². The maximum Gasteiger partial charge on any atom is 0.231 e. The number of hydrogen-bond donors (Lipinski definition) is 3.